The molecule has 1 heterocycles. The molecule has 0 aliphatic heterocycles. The molecule has 0 aliphatic rings. The van der Waals surface area contributed by atoms with Crippen LogP contribution in [-0.2, 0) is 0 Å². The van der Waals surface area contributed by atoms with E-state index in [2.05, 4.69) is 10.3 Å². The molecular formula is C15H14Cl2N2O2. The zero-order chi connectivity index (χ0) is 15.6. The van der Waals surface area contributed by atoms with Crippen LogP contribution in [0.2, 0.25) is 10.3 Å². The number of benzene rings is 1. The number of ether oxygens (including phenoxy) is 1. The Morgan fingerprint density at radius 3 is 2.52 bits per heavy atom. The van der Waals surface area contributed by atoms with E-state index in [0.29, 0.717) is 17.0 Å². The zero-order valence-electron chi connectivity index (χ0n) is 11.8. The fourth-order valence-electron chi connectivity index (χ4n) is 1.89. The zero-order valence-corrected chi connectivity index (χ0v) is 13.3. The van der Waals surface area contributed by atoms with Crippen molar-refractivity contribution in [2.75, 3.05) is 12.4 Å². The lowest BCUT2D eigenvalue weighted by Crippen LogP contribution is -2.14. The molecule has 1 aromatic heterocycles. The van der Waals surface area contributed by atoms with Crippen LogP contribution in [0.25, 0.3) is 0 Å². The SMILES string of the molecule is COc1cc(C(=O)Nc2c(C)cc(Cl)nc2Cl)ccc1C. The molecule has 0 fully saturated rings. The molecule has 6 heteroatoms. The highest BCUT2D eigenvalue weighted by Gasteiger charge is 2.14. The molecule has 0 atom stereocenters. The third kappa shape index (κ3) is 3.46. The van der Waals surface area contributed by atoms with Crippen LogP contribution < -0.4 is 10.1 Å². The minimum absolute atomic E-state index is 0.160. The van der Waals surface area contributed by atoms with Crippen molar-refractivity contribution < 1.29 is 9.53 Å². The summed E-state index contributed by atoms with van der Waals surface area (Å²) >= 11 is 11.8. The molecule has 0 aliphatic carbocycles. The number of nitrogens with zero attached hydrogens (tertiary/aromatic N) is 1. The molecular weight excluding hydrogens is 311 g/mol. The van der Waals surface area contributed by atoms with Crippen molar-refractivity contribution in [3.63, 3.8) is 0 Å². The Morgan fingerprint density at radius 2 is 1.90 bits per heavy atom. The van der Waals surface area contributed by atoms with Crippen LogP contribution in [0.3, 0.4) is 0 Å². The number of hydrogen-bond acceptors (Lipinski definition) is 3. The Labute approximate surface area is 133 Å². The number of carbonyl (C=O) groups excluding carboxylic acids is 1. The summed E-state index contributed by atoms with van der Waals surface area (Å²) in [6.07, 6.45) is 0. The van der Waals surface area contributed by atoms with Gasteiger partial charge in [-0.05, 0) is 43.2 Å². The van der Waals surface area contributed by atoms with Crippen LogP contribution in [0.5, 0.6) is 5.75 Å². The van der Waals surface area contributed by atoms with Crippen molar-refractivity contribution in [3.05, 3.63) is 51.3 Å². The predicted octanol–water partition coefficient (Wildman–Crippen LogP) is 4.27. The molecule has 4 nitrogen and oxygen atoms in total. The van der Waals surface area contributed by atoms with Gasteiger partial charge in [0.25, 0.3) is 5.91 Å². The summed E-state index contributed by atoms with van der Waals surface area (Å²) in [7, 11) is 1.56. The topological polar surface area (TPSA) is 51.2 Å². The van der Waals surface area contributed by atoms with Gasteiger partial charge in [-0.3, -0.25) is 4.79 Å². The molecule has 0 radical (unpaired) electrons. The van der Waals surface area contributed by atoms with Gasteiger partial charge in [0, 0.05) is 5.56 Å². The number of halogens is 2. The van der Waals surface area contributed by atoms with Gasteiger partial charge in [-0.2, -0.15) is 0 Å². The highest BCUT2D eigenvalue weighted by Crippen LogP contribution is 2.27. The number of nitrogens with one attached hydrogen (secondary N) is 1. The summed E-state index contributed by atoms with van der Waals surface area (Å²) in [5.74, 6) is 0.363. The number of aromatic nitrogens is 1. The second-order valence-corrected chi connectivity index (χ2v) is 5.31. The molecule has 21 heavy (non-hydrogen) atoms. The van der Waals surface area contributed by atoms with Crippen LogP contribution in [0.4, 0.5) is 5.69 Å². The Bertz CT molecular complexity index is 679. The van der Waals surface area contributed by atoms with Crippen LogP contribution in [0.1, 0.15) is 21.5 Å². The van der Waals surface area contributed by atoms with Crippen molar-refractivity contribution in [2.24, 2.45) is 0 Å². The van der Waals surface area contributed by atoms with Crippen LogP contribution in [-0.4, -0.2) is 18.0 Å². The predicted molar refractivity (Wildman–Crippen MR) is 84.7 cm³/mol. The van der Waals surface area contributed by atoms with Gasteiger partial charge >= 0.3 is 0 Å². The summed E-state index contributed by atoms with van der Waals surface area (Å²) < 4.78 is 5.21. The maximum atomic E-state index is 12.3. The molecule has 110 valence electrons. The summed E-state index contributed by atoms with van der Waals surface area (Å²) in [4.78, 5) is 16.2. The van der Waals surface area contributed by atoms with Gasteiger partial charge in [-0.1, -0.05) is 29.3 Å². The highest BCUT2D eigenvalue weighted by atomic mass is 35.5. The quantitative estimate of drug-likeness (QED) is 0.858. The molecule has 2 rings (SSSR count). The van der Waals surface area contributed by atoms with E-state index in [1.54, 1.807) is 32.2 Å². The fraction of sp³-hybridized carbons (Fsp3) is 0.200. The van der Waals surface area contributed by atoms with Crippen molar-refractivity contribution in [1.82, 2.24) is 4.98 Å². The van der Waals surface area contributed by atoms with Crippen molar-refractivity contribution in [2.45, 2.75) is 13.8 Å². The van der Waals surface area contributed by atoms with E-state index >= 15 is 0 Å². The number of amides is 1. The summed E-state index contributed by atoms with van der Waals surface area (Å²) in [5, 5.41) is 3.19. The molecule has 0 unspecified atom stereocenters. The van der Waals surface area contributed by atoms with Crippen molar-refractivity contribution >= 4 is 34.8 Å². The average molecular weight is 325 g/mol. The molecule has 1 amide bonds. The van der Waals surface area contributed by atoms with E-state index in [1.807, 2.05) is 13.0 Å². The third-order valence-electron chi connectivity index (χ3n) is 3.05. The van der Waals surface area contributed by atoms with Gasteiger partial charge in [0.05, 0.1) is 12.8 Å². The van der Waals surface area contributed by atoms with E-state index in [4.69, 9.17) is 27.9 Å². The Balaban J connectivity index is 2.30. The summed E-state index contributed by atoms with van der Waals surface area (Å²) in [5.41, 5.74) is 2.62. The second kappa shape index (κ2) is 6.33. The lowest BCUT2D eigenvalue weighted by molar-refractivity contribution is 0.102. The van der Waals surface area contributed by atoms with Gasteiger partial charge in [-0.15, -0.1) is 0 Å². The first kappa shape index (κ1) is 15.6. The number of anilines is 1. The molecule has 0 spiro atoms. The Morgan fingerprint density at radius 1 is 1.19 bits per heavy atom. The minimum Gasteiger partial charge on any atom is -0.496 e. The van der Waals surface area contributed by atoms with Gasteiger partial charge < -0.3 is 10.1 Å². The smallest absolute Gasteiger partial charge is 0.255 e. The summed E-state index contributed by atoms with van der Waals surface area (Å²) in [6.45, 7) is 3.70. The number of pyridine rings is 1. The second-order valence-electron chi connectivity index (χ2n) is 4.57. The van der Waals surface area contributed by atoms with Crippen molar-refractivity contribution in [1.29, 1.82) is 0 Å². The number of aryl methyl sites for hydroxylation is 2. The average Bonchev–Trinajstić information content (AvgIpc) is 2.43. The normalized spacial score (nSPS) is 10.3. The molecule has 2 aromatic rings. The summed E-state index contributed by atoms with van der Waals surface area (Å²) in [6, 6.07) is 6.86. The first-order chi connectivity index (χ1) is 9.92. The number of methoxy groups -OCH3 is 1. The van der Waals surface area contributed by atoms with Gasteiger partial charge in [0.1, 0.15) is 10.9 Å². The van der Waals surface area contributed by atoms with Crippen LogP contribution >= 0.6 is 23.2 Å². The van der Waals surface area contributed by atoms with Crippen molar-refractivity contribution in [3.8, 4) is 5.75 Å². The van der Waals surface area contributed by atoms with E-state index in [0.717, 1.165) is 11.1 Å². The lowest BCUT2D eigenvalue weighted by atomic mass is 10.1. The minimum atomic E-state index is -0.289. The largest absolute Gasteiger partial charge is 0.496 e. The van der Waals surface area contributed by atoms with E-state index < -0.39 is 0 Å². The fourth-order valence-corrected chi connectivity index (χ4v) is 2.47. The maximum absolute atomic E-state index is 12.3. The third-order valence-corrected chi connectivity index (χ3v) is 3.52. The number of rotatable bonds is 3. The van der Waals surface area contributed by atoms with E-state index in [9.17, 15) is 4.79 Å². The number of carbonyl (C=O) groups is 1. The van der Waals surface area contributed by atoms with E-state index in [1.165, 1.54) is 0 Å². The van der Waals surface area contributed by atoms with Gasteiger partial charge in [-0.25, -0.2) is 4.98 Å². The van der Waals surface area contributed by atoms with E-state index in [-0.39, 0.29) is 16.2 Å². The van der Waals surface area contributed by atoms with Gasteiger partial charge in [0.15, 0.2) is 5.15 Å². The number of hydrogen-bond donors (Lipinski definition) is 1. The standard InChI is InChI=1S/C15H14Cl2N2O2/c1-8-4-5-10(7-11(8)21-3)15(20)19-13-9(2)6-12(16)18-14(13)17/h4-7H,1-3H3,(H,19,20). The van der Waals surface area contributed by atoms with Crippen LogP contribution in [0.15, 0.2) is 24.3 Å². The highest BCUT2D eigenvalue weighted by molar-refractivity contribution is 6.35. The lowest BCUT2D eigenvalue weighted by Gasteiger charge is -2.11. The first-order valence-corrected chi connectivity index (χ1v) is 6.96. The monoisotopic (exact) mass is 324 g/mol. The Hall–Kier alpha value is -1.78. The Kier molecular flexibility index (Phi) is 4.70. The first-order valence-electron chi connectivity index (χ1n) is 6.21. The molecule has 1 N–H and O–H groups in total. The molecule has 0 saturated carbocycles. The molecule has 0 bridgehead atoms. The van der Waals surface area contributed by atoms with Crippen LogP contribution in [0, 0.1) is 13.8 Å². The van der Waals surface area contributed by atoms with Gasteiger partial charge in [0.2, 0.25) is 0 Å². The molecule has 1 aromatic carbocycles. The molecule has 0 saturated heterocycles. The maximum Gasteiger partial charge on any atom is 0.255 e.